The molecule has 0 N–H and O–H groups in total. The molecule has 0 saturated heterocycles. The molecule has 2 aromatic rings. The highest BCUT2D eigenvalue weighted by Crippen LogP contribution is 2.19. The third kappa shape index (κ3) is 2.98. The molecule has 1 aromatic heterocycles. The highest BCUT2D eigenvalue weighted by molar-refractivity contribution is 7.09. The van der Waals surface area contributed by atoms with Gasteiger partial charge in [0.1, 0.15) is 5.82 Å². The smallest absolute Gasteiger partial charge is 0.205 e. The molecule has 0 amide bonds. The molecule has 0 radical (unpaired) electrons. The van der Waals surface area contributed by atoms with Crippen molar-refractivity contribution in [2.45, 2.75) is 13.5 Å². The summed E-state index contributed by atoms with van der Waals surface area (Å²) in [6.45, 7) is 2.76. The van der Waals surface area contributed by atoms with Crippen LogP contribution in [0.25, 0.3) is 0 Å². The van der Waals surface area contributed by atoms with E-state index in [4.69, 9.17) is 0 Å². The van der Waals surface area contributed by atoms with E-state index in [1.54, 1.807) is 0 Å². The first-order valence-corrected chi connectivity index (χ1v) is 6.61. The number of hydrogen-bond donors (Lipinski definition) is 0. The minimum Gasteiger partial charge on any atom is -0.378 e. The van der Waals surface area contributed by atoms with Gasteiger partial charge in [-0.3, -0.25) is 0 Å². The van der Waals surface area contributed by atoms with Gasteiger partial charge in [-0.1, -0.05) is 12.1 Å². The molecule has 0 aliphatic rings. The van der Waals surface area contributed by atoms with Gasteiger partial charge >= 0.3 is 0 Å². The van der Waals surface area contributed by atoms with E-state index in [0.29, 0.717) is 0 Å². The summed E-state index contributed by atoms with van der Waals surface area (Å²) in [5, 5.41) is 0.961. The molecule has 18 heavy (non-hydrogen) atoms. The van der Waals surface area contributed by atoms with Gasteiger partial charge in [0.15, 0.2) is 0 Å². The Morgan fingerprint density at radius 3 is 2.61 bits per heavy atom. The Bertz CT molecular complexity index is 521. The van der Waals surface area contributed by atoms with Crippen LogP contribution < -0.4 is 9.80 Å². The molecule has 0 aliphatic heterocycles. The normalized spacial score (nSPS) is 10.4. The molecule has 0 spiro atoms. The van der Waals surface area contributed by atoms with E-state index in [1.165, 1.54) is 22.8 Å². The van der Waals surface area contributed by atoms with Crippen LogP contribution in [0.15, 0.2) is 24.3 Å². The molecule has 1 heterocycles. The monoisotopic (exact) mass is 262 g/mol. The van der Waals surface area contributed by atoms with E-state index in [1.807, 2.05) is 14.0 Å². The second kappa shape index (κ2) is 5.35. The van der Waals surface area contributed by atoms with Crippen LogP contribution in [0.3, 0.4) is 0 Å². The van der Waals surface area contributed by atoms with Crippen molar-refractivity contribution in [1.82, 2.24) is 9.36 Å². The van der Waals surface area contributed by atoms with Crippen LogP contribution in [0.5, 0.6) is 0 Å². The van der Waals surface area contributed by atoms with Crippen molar-refractivity contribution in [3.05, 3.63) is 35.7 Å². The zero-order valence-corrected chi connectivity index (χ0v) is 12.0. The Morgan fingerprint density at radius 1 is 1.22 bits per heavy atom. The Balaban J connectivity index is 2.11. The average molecular weight is 262 g/mol. The van der Waals surface area contributed by atoms with E-state index in [0.717, 1.165) is 17.5 Å². The fourth-order valence-corrected chi connectivity index (χ4v) is 2.35. The number of rotatable bonds is 4. The minimum atomic E-state index is 0.837. The van der Waals surface area contributed by atoms with Crippen LogP contribution in [-0.4, -0.2) is 30.5 Å². The molecule has 0 fully saturated rings. The molecular weight excluding hydrogens is 244 g/mol. The predicted octanol–water partition coefficient (Wildman–Crippen LogP) is 2.55. The fourth-order valence-electron chi connectivity index (χ4n) is 1.72. The van der Waals surface area contributed by atoms with Crippen LogP contribution in [-0.2, 0) is 6.54 Å². The minimum absolute atomic E-state index is 0.837. The van der Waals surface area contributed by atoms with Gasteiger partial charge in [-0.25, -0.2) is 4.98 Å². The lowest BCUT2D eigenvalue weighted by Gasteiger charge is -2.17. The van der Waals surface area contributed by atoms with Crippen LogP contribution in [0.4, 0.5) is 10.8 Å². The van der Waals surface area contributed by atoms with Crippen molar-refractivity contribution < 1.29 is 0 Å². The lowest BCUT2D eigenvalue weighted by molar-refractivity contribution is 0.908. The van der Waals surface area contributed by atoms with Gasteiger partial charge in [0.25, 0.3) is 0 Å². The van der Waals surface area contributed by atoms with Crippen molar-refractivity contribution in [2.75, 3.05) is 30.9 Å². The van der Waals surface area contributed by atoms with E-state index >= 15 is 0 Å². The number of benzene rings is 1. The van der Waals surface area contributed by atoms with Crippen LogP contribution in [0.2, 0.25) is 0 Å². The molecule has 0 unspecified atom stereocenters. The maximum absolute atomic E-state index is 4.39. The second-order valence-electron chi connectivity index (χ2n) is 4.54. The van der Waals surface area contributed by atoms with Gasteiger partial charge in [0.2, 0.25) is 5.13 Å². The molecule has 2 rings (SSSR count). The van der Waals surface area contributed by atoms with Crippen molar-refractivity contribution in [2.24, 2.45) is 0 Å². The van der Waals surface area contributed by atoms with Crippen molar-refractivity contribution in [3.63, 3.8) is 0 Å². The van der Waals surface area contributed by atoms with Crippen LogP contribution >= 0.6 is 11.5 Å². The Labute approximate surface area is 112 Å². The zero-order valence-electron chi connectivity index (χ0n) is 11.2. The van der Waals surface area contributed by atoms with Crippen molar-refractivity contribution >= 4 is 22.4 Å². The number of anilines is 2. The van der Waals surface area contributed by atoms with Gasteiger partial charge in [-0.15, -0.1) is 0 Å². The SMILES string of the molecule is Cc1nsc(N(C)Cc2cccc(N(C)C)c2)n1. The molecule has 0 atom stereocenters. The van der Waals surface area contributed by atoms with Crippen molar-refractivity contribution in [1.29, 1.82) is 0 Å². The average Bonchev–Trinajstić information content (AvgIpc) is 2.76. The maximum Gasteiger partial charge on any atom is 0.205 e. The summed E-state index contributed by atoms with van der Waals surface area (Å²) >= 11 is 1.44. The first kappa shape index (κ1) is 12.8. The summed E-state index contributed by atoms with van der Waals surface area (Å²) in [5.41, 5.74) is 2.49. The summed E-state index contributed by atoms with van der Waals surface area (Å²) in [4.78, 5) is 8.62. The lowest BCUT2D eigenvalue weighted by Crippen LogP contribution is -2.16. The first-order valence-electron chi connectivity index (χ1n) is 5.84. The first-order chi connectivity index (χ1) is 8.56. The molecule has 1 aromatic carbocycles. The summed E-state index contributed by atoms with van der Waals surface area (Å²) < 4.78 is 4.21. The van der Waals surface area contributed by atoms with Crippen LogP contribution in [0.1, 0.15) is 11.4 Å². The Kier molecular flexibility index (Phi) is 3.81. The molecule has 0 aliphatic carbocycles. The van der Waals surface area contributed by atoms with Crippen LogP contribution in [0, 0.1) is 6.92 Å². The number of nitrogens with zero attached hydrogens (tertiary/aromatic N) is 4. The highest BCUT2D eigenvalue weighted by atomic mass is 32.1. The highest BCUT2D eigenvalue weighted by Gasteiger charge is 2.07. The Hall–Kier alpha value is -1.62. The molecular formula is C13H18N4S. The number of aromatic nitrogens is 2. The third-order valence-electron chi connectivity index (χ3n) is 2.69. The van der Waals surface area contributed by atoms with Gasteiger partial charge < -0.3 is 9.80 Å². The maximum atomic E-state index is 4.39. The van der Waals surface area contributed by atoms with E-state index in [2.05, 4.69) is 57.5 Å². The topological polar surface area (TPSA) is 32.3 Å². The summed E-state index contributed by atoms with van der Waals surface area (Å²) in [6, 6.07) is 8.53. The number of hydrogen-bond acceptors (Lipinski definition) is 5. The van der Waals surface area contributed by atoms with Gasteiger partial charge in [-0.05, 0) is 24.6 Å². The third-order valence-corrected chi connectivity index (χ3v) is 3.61. The summed E-state index contributed by atoms with van der Waals surface area (Å²) in [6.07, 6.45) is 0. The van der Waals surface area contributed by atoms with E-state index in [-0.39, 0.29) is 0 Å². The molecule has 0 bridgehead atoms. The quantitative estimate of drug-likeness (QED) is 0.847. The van der Waals surface area contributed by atoms with Crippen molar-refractivity contribution in [3.8, 4) is 0 Å². The second-order valence-corrected chi connectivity index (χ2v) is 5.27. The molecule has 0 saturated carbocycles. The predicted molar refractivity (Wildman–Crippen MR) is 77.5 cm³/mol. The number of aryl methyl sites for hydroxylation is 1. The van der Waals surface area contributed by atoms with Gasteiger partial charge in [0, 0.05) is 44.9 Å². The molecule has 96 valence electrons. The standard InChI is InChI=1S/C13H18N4S/c1-10-14-13(18-15-10)17(4)9-11-6-5-7-12(8-11)16(2)3/h5-8H,9H2,1-4H3. The summed E-state index contributed by atoms with van der Waals surface area (Å²) in [7, 11) is 6.15. The van der Waals surface area contributed by atoms with Gasteiger partial charge in [-0.2, -0.15) is 4.37 Å². The van der Waals surface area contributed by atoms with Gasteiger partial charge in [0.05, 0.1) is 0 Å². The zero-order chi connectivity index (χ0) is 13.1. The Morgan fingerprint density at radius 2 is 2.00 bits per heavy atom. The largest absolute Gasteiger partial charge is 0.378 e. The molecule has 5 heteroatoms. The molecule has 4 nitrogen and oxygen atoms in total. The van der Waals surface area contributed by atoms with E-state index in [9.17, 15) is 0 Å². The van der Waals surface area contributed by atoms with E-state index < -0.39 is 0 Å². The fraction of sp³-hybridized carbons (Fsp3) is 0.385. The summed E-state index contributed by atoms with van der Waals surface area (Å²) in [5.74, 6) is 0.837. The lowest BCUT2D eigenvalue weighted by atomic mass is 10.2.